The third-order valence-corrected chi connectivity index (χ3v) is 1.64. The van der Waals surface area contributed by atoms with Crippen molar-refractivity contribution in [2.45, 2.75) is 6.61 Å². The van der Waals surface area contributed by atoms with Crippen LogP contribution < -0.4 is 9.39 Å². The van der Waals surface area contributed by atoms with E-state index in [-0.39, 0.29) is 12.4 Å². The van der Waals surface area contributed by atoms with Crippen molar-refractivity contribution in [3.8, 4) is 11.5 Å². The van der Waals surface area contributed by atoms with E-state index in [2.05, 4.69) is 4.65 Å². The lowest BCUT2D eigenvalue weighted by atomic mass is 10.2. The highest BCUT2D eigenvalue weighted by Gasteiger charge is 2.14. The number of ether oxygens (including phenoxy) is 1. The van der Waals surface area contributed by atoms with Crippen LogP contribution in [0.15, 0.2) is 18.2 Å². The summed E-state index contributed by atoms with van der Waals surface area (Å²) < 4.78 is 9.57. The minimum atomic E-state index is -1.89. The number of methoxy groups -OCH3 is 1. The van der Waals surface area contributed by atoms with Gasteiger partial charge in [0.2, 0.25) is 0 Å². The van der Waals surface area contributed by atoms with Crippen LogP contribution in [0.3, 0.4) is 0 Å². The summed E-state index contributed by atoms with van der Waals surface area (Å²) in [6.07, 6.45) is 0. The van der Waals surface area contributed by atoms with Crippen molar-refractivity contribution in [2.75, 3.05) is 7.11 Å². The van der Waals surface area contributed by atoms with Gasteiger partial charge in [-0.2, -0.15) is 0 Å². The second-order valence-electron chi connectivity index (χ2n) is 2.59. The fraction of sp³-hybridized carbons (Fsp3) is 0.250. The number of aliphatic hydroxyl groups is 1. The molecule has 0 saturated carbocycles. The maximum Gasteiger partial charge on any atom is 0.707 e. The lowest BCUT2D eigenvalue weighted by molar-refractivity contribution is 0.275. The van der Waals surface area contributed by atoms with E-state index in [1.807, 2.05) is 0 Å². The Morgan fingerprint density at radius 2 is 2.00 bits per heavy atom. The predicted octanol–water partition coefficient (Wildman–Crippen LogP) is -0.464. The van der Waals surface area contributed by atoms with Gasteiger partial charge in [-0.25, -0.2) is 0 Å². The highest BCUT2D eigenvalue weighted by molar-refractivity contribution is 6.33. The Bertz CT molecular complexity index is 302. The summed E-state index contributed by atoms with van der Waals surface area (Å²) in [5, 5.41) is 26.0. The molecule has 0 aliphatic rings. The van der Waals surface area contributed by atoms with Gasteiger partial charge in [-0.15, -0.1) is 0 Å². The minimum Gasteiger partial charge on any atom is -0.509 e. The molecule has 0 radical (unpaired) electrons. The summed E-state index contributed by atoms with van der Waals surface area (Å²) in [6.45, 7) is -0.113. The van der Waals surface area contributed by atoms with E-state index >= 15 is 0 Å². The molecule has 1 rings (SSSR count). The normalized spacial score (nSPS) is 9.71. The molecule has 0 saturated heterocycles. The van der Waals surface area contributed by atoms with Crippen molar-refractivity contribution in [1.82, 2.24) is 0 Å². The van der Waals surface area contributed by atoms with Gasteiger partial charge < -0.3 is 24.5 Å². The third-order valence-electron chi connectivity index (χ3n) is 1.64. The van der Waals surface area contributed by atoms with Gasteiger partial charge in [0, 0.05) is 0 Å². The first kappa shape index (κ1) is 10.8. The number of hydrogen-bond acceptors (Lipinski definition) is 5. The molecular weight excluding hydrogens is 187 g/mol. The molecule has 14 heavy (non-hydrogen) atoms. The van der Waals surface area contributed by atoms with Gasteiger partial charge in [0.1, 0.15) is 5.75 Å². The average Bonchev–Trinajstić information content (AvgIpc) is 2.17. The standard InChI is InChI=1S/C8H11BO5/c1-13-8-4-6(5-10)2-3-7(8)14-9(11)12/h2-4,10-12H,5H2,1H3. The minimum absolute atomic E-state index is 0.113. The van der Waals surface area contributed by atoms with Crippen LogP contribution in [0.2, 0.25) is 0 Å². The Hall–Kier alpha value is -1.24. The fourth-order valence-corrected chi connectivity index (χ4v) is 1.02. The summed E-state index contributed by atoms with van der Waals surface area (Å²) in [6, 6.07) is 4.64. The molecule has 1 aromatic rings. The predicted molar refractivity (Wildman–Crippen MR) is 49.7 cm³/mol. The Balaban J connectivity index is 2.93. The molecule has 0 aliphatic heterocycles. The van der Waals surface area contributed by atoms with Gasteiger partial charge in [0.05, 0.1) is 13.7 Å². The van der Waals surface area contributed by atoms with E-state index in [0.717, 1.165) is 0 Å². The zero-order valence-electron chi connectivity index (χ0n) is 7.67. The van der Waals surface area contributed by atoms with E-state index in [0.29, 0.717) is 11.3 Å². The van der Waals surface area contributed by atoms with E-state index in [9.17, 15) is 0 Å². The number of hydrogen-bond donors (Lipinski definition) is 3. The van der Waals surface area contributed by atoms with Crippen LogP contribution in [0.4, 0.5) is 0 Å². The van der Waals surface area contributed by atoms with Gasteiger partial charge in [-0.3, -0.25) is 0 Å². The molecule has 0 aliphatic carbocycles. The molecule has 6 heteroatoms. The van der Waals surface area contributed by atoms with Crippen molar-refractivity contribution < 1.29 is 24.5 Å². The zero-order valence-corrected chi connectivity index (χ0v) is 7.67. The molecule has 0 bridgehead atoms. The van der Waals surface area contributed by atoms with Crippen LogP contribution in [-0.2, 0) is 6.61 Å². The fourth-order valence-electron chi connectivity index (χ4n) is 1.02. The lowest BCUT2D eigenvalue weighted by Gasteiger charge is -2.10. The highest BCUT2D eigenvalue weighted by Crippen LogP contribution is 2.28. The summed E-state index contributed by atoms with van der Waals surface area (Å²) in [7, 11) is -0.462. The molecule has 76 valence electrons. The third kappa shape index (κ3) is 2.63. The van der Waals surface area contributed by atoms with E-state index < -0.39 is 7.32 Å². The molecular formula is C8H11BO5. The van der Waals surface area contributed by atoms with Gasteiger partial charge >= 0.3 is 7.32 Å². The topological polar surface area (TPSA) is 79.2 Å². The van der Waals surface area contributed by atoms with Gasteiger partial charge in [-0.1, -0.05) is 6.07 Å². The van der Waals surface area contributed by atoms with Crippen LogP contribution in [0.1, 0.15) is 5.56 Å². The van der Waals surface area contributed by atoms with Crippen LogP contribution in [0.25, 0.3) is 0 Å². The molecule has 0 heterocycles. The van der Waals surface area contributed by atoms with Gasteiger partial charge in [-0.05, 0) is 17.7 Å². The highest BCUT2D eigenvalue weighted by atomic mass is 16.6. The Labute approximate surface area is 81.7 Å². The summed E-state index contributed by atoms with van der Waals surface area (Å²) >= 11 is 0. The number of aliphatic hydroxyl groups excluding tert-OH is 1. The molecule has 0 unspecified atom stereocenters. The van der Waals surface area contributed by atoms with Crippen LogP contribution in [0, 0.1) is 0 Å². The second kappa shape index (κ2) is 4.85. The number of rotatable bonds is 4. The van der Waals surface area contributed by atoms with E-state index in [4.69, 9.17) is 19.9 Å². The van der Waals surface area contributed by atoms with E-state index in [1.54, 1.807) is 12.1 Å². The van der Waals surface area contributed by atoms with Crippen LogP contribution in [-0.4, -0.2) is 29.6 Å². The summed E-state index contributed by atoms with van der Waals surface area (Å²) in [5.41, 5.74) is 0.654. The zero-order chi connectivity index (χ0) is 10.6. The van der Waals surface area contributed by atoms with Crippen LogP contribution >= 0.6 is 0 Å². The summed E-state index contributed by atoms with van der Waals surface area (Å²) in [4.78, 5) is 0. The smallest absolute Gasteiger partial charge is 0.509 e. The molecule has 5 nitrogen and oxygen atoms in total. The monoisotopic (exact) mass is 198 g/mol. The molecule has 1 aromatic carbocycles. The maximum absolute atomic E-state index is 8.84. The lowest BCUT2D eigenvalue weighted by Crippen LogP contribution is -2.20. The molecule has 0 fully saturated rings. The van der Waals surface area contributed by atoms with Crippen molar-refractivity contribution in [2.24, 2.45) is 0 Å². The Kier molecular flexibility index (Phi) is 3.76. The SMILES string of the molecule is COc1cc(CO)ccc1OB(O)O. The average molecular weight is 198 g/mol. The Morgan fingerprint density at radius 3 is 2.50 bits per heavy atom. The molecule has 0 amide bonds. The molecule has 3 N–H and O–H groups in total. The van der Waals surface area contributed by atoms with Crippen molar-refractivity contribution >= 4 is 7.32 Å². The van der Waals surface area contributed by atoms with Crippen molar-refractivity contribution in [1.29, 1.82) is 0 Å². The molecule has 0 atom stereocenters. The Morgan fingerprint density at radius 1 is 1.29 bits per heavy atom. The number of benzene rings is 1. The molecule has 0 spiro atoms. The van der Waals surface area contributed by atoms with Crippen LogP contribution in [0.5, 0.6) is 11.5 Å². The largest absolute Gasteiger partial charge is 0.707 e. The van der Waals surface area contributed by atoms with Gasteiger partial charge in [0.15, 0.2) is 5.75 Å². The summed E-state index contributed by atoms with van der Waals surface area (Å²) in [5.74, 6) is 0.546. The second-order valence-corrected chi connectivity index (χ2v) is 2.59. The molecule has 0 aromatic heterocycles. The van der Waals surface area contributed by atoms with Crippen molar-refractivity contribution in [3.05, 3.63) is 23.8 Å². The maximum atomic E-state index is 8.84. The van der Waals surface area contributed by atoms with Crippen molar-refractivity contribution in [3.63, 3.8) is 0 Å². The van der Waals surface area contributed by atoms with Gasteiger partial charge in [0.25, 0.3) is 0 Å². The first-order valence-electron chi connectivity index (χ1n) is 3.98. The first-order chi connectivity index (χ1) is 6.67. The quantitative estimate of drug-likeness (QED) is 0.570. The van der Waals surface area contributed by atoms with E-state index in [1.165, 1.54) is 13.2 Å². The first-order valence-corrected chi connectivity index (χ1v) is 3.98.